The van der Waals surface area contributed by atoms with Crippen molar-refractivity contribution in [2.75, 3.05) is 13.1 Å². The number of nitrogens with two attached hydrogens (primary N) is 1. The predicted octanol–water partition coefficient (Wildman–Crippen LogP) is 3.01. The number of piperidine rings is 1. The molecule has 3 unspecified atom stereocenters. The maximum atomic E-state index is 6.23. The van der Waals surface area contributed by atoms with E-state index in [1.54, 1.807) is 0 Å². The van der Waals surface area contributed by atoms with Crippen molar-refractivity contribution >= 4 is 0 Å². The molecule has 1 saturated heterocycles. The minimum Gasteiger partial charge on any atom is -0.329 e. The van der Waals surface area contributed by atoms with Crippen LogP contribution in [0.1, 0.15) is 59.8 Å². The Morgan fingerprint density at radius 2 is 1.94 bits per heavy atom. The standard InChI is InChI=1S/C15H30N2/c1-12-9-14(3,4)10-15(12,11-16)17-8-6-5-7-13(17)2/h12-13H,5-11,16H2,1-4H3. The number of hydrogen-bond acceptors (Lipinski definition) is 2. The highest BCUT2D eigenvalue weighted by Crippen LogP contribution is 2.51. The second kappa shape index (κ2) is 4.55. The summed E-state index contributed by atoms with van der Waals surface area (Å²) in [7, 11) is 0. The van der Waals surface area contributed by atoms with Gasteiger partial charge in [-0.3, -0.25) is 4.90 Å². The van der Waals surface area contributed by atoms with Crippen molar-refractivity contribution in [3.8, 4) is 0 Å². The highest BCUT2D eigenvalue weighted by Gasteiger charge is 2.52. The molecule has 1 aliphatic heterocycles. The van der Waals surface area contributed by atoms with Crippen LogP contribution >= 0.6 is 0 Å². The molecule has 0 aromatic heterocycles. The molecule has 0 radical (unpaired) electrons. The van der Waals surface area contributed by atoms with E-state index in [2.05, 4.69) is 32.6 Å². The number of likely N-dealkylation sites (tertiary alicyclic amines) is 1. The summed E-state index contributed by atoms with van der Waals surface area (Å²) in [6.07, 6.45) is 6.72. The Kier molecular flexibility index (Phi) is 3.57. The van der Waals surface area contributed by atoms with Crippen molar-refractivity contribution in [3.63, 3.8) is 0 Å². The van der Waals surface area contributed by atoms with Crippen LogP contribution in [0.25, 0.3) is 0 Å². The third kappa shape index (κ3) is 2.26. The highest BCUT2D eigenvalue weighted by molar-refractivity contribution is 5.07. The fourth-order valence-corrected chi connectivity index (χ4v) is 4.63. The van der Waals surface area contributed by atoms with Gasteiger partial charge in [0.15, 0.2) is 0 Å². The Bertz CT molecular complexity index is 274. The van der Waals surface area contributed by atoms with Gasteiger partial charge in [0.1, 0.15) is 0 Å². The summed E-state index contributed by atoms with van der Waals surface area (Å²) in [4.78, 5) is 2.76. The van der Waals surface area contributed by atoms with Crippen molar-refractivity contribution in [1.82, 2.24) is 4.90 Å². The lowest BCUT2D eigenvalue weighted by Gasteiger charge is -2.49. The Morgan fingerprint density at radius 3 is 2.41 bits per heavy atom. The summed E-state index contributed by atoms with van der Waals surface area (Å²) in [5.41, 5.74) is 6.98. The van der Waals surface area contributed by atoms with Crippen LogP contribution in [-0.2, 0) is 0 Å². The van der Waals surface area contributed by atoms with Crippen LogP contribution in [0.4, 0.5) is 0 Å². The molecule has 1 aliphatic carbocycles. The smallest absolute Gasteiger partial charge is 0.0365 e. The summed E-state index contributed by atoms with van der Waals surface area (Å²) in [5.74, 6) is 0.739. The van der Waals surface area contributed by atoms with E-state index in [0.717, 1.165) is 18.5 Å². The number of rotatable bonds is 2. The van der Waals surface area contributed by atoms with Gasteiger partial charge in [0.25, 0.3) is 0 Å². The molecule has 2 N–H and O–H groups in total. The molecule has 1 heterocycles. The van der Waals surface area contributed by atoms with Gasteiger partial charge in [-0.05, 0) is 50.5 Å². The van der Waals surface area contributed by atoms with Gasteiger partial charge in [-0.25, -0.2) is 0 Å². The molecule has 0 aromatic rings. The molecule has 0 spiro atoms. The van der Waals surface area contributed by atoms with E-state index < -0.39 is 0 Å². The van der Waals surface area contributed by atoms with Crippen molar-refractivity contribution in [2.24, 2.45) is 17.1 Å². The van der Waals surface area contributed by atoms with Gasteiger partial charge >= 0.3 is 0 Å². The number of hydrogen-bond donors (Lipinski definition) is 1. The largest absolute Gasteiger partial charge is 0.329 e. The molecule has 2 nitrogen and oxygen atoms in total. The fraction of sp³-hybridized carbons (Fsp3) is 1.00. The lowest BCUT2D eigenvalue weighted by atomic mass is 9.82. The van der Waals surface area contributed by atoms with E-state index in [9.17, 15) is 0 Å². The maximum absolute atomic E-state index is 6.23. The van der Waals surface area contributed by atoms with Gasteiger partial charge in [0.05, 0.1) is 0 Å². The normalized spacial score (nSPS) is 42.9. The highest BCUT2D eigenvalue weighted by atomic mass is 15.2. The summed E-state index contributed by atoms with van der Waals surface area (Å²) in [5, 5.41) is 0. The zero-order valence-electron chi connectivity index (χ0n) is 12.1. The average Bonchev–Trinajstić information content (AvgIpc) is 2.49. The predicted molar refractivity (Wildman–Crippen MR) is 74.0 cm³/mol. The zero-order chi connectivity index (χ0) is 12.7. The molecular weight excluding hydrogens is 208 g/mol. The Balaban J connectivity index is 2.24. The van der Waals surface area contributed by atoms with E-state index in [1.165, 1.54) is 38.6 Å². The first-order valence-electron chi connectivity index (χ1n) is 7.38. The van der Waals surface area contributed by atoms with E-state index >= 15 is 0 Å². The number of nitrogens with zero attached hydrogens (tertiary/aromatic N) is 1. The Morgan fingerprint density at radius 1 is 1.24 bits per heavy atom. The summed E-state index contributed by atoms with van der Waals surface area (Å²) < 4.78 is 0. The average molecular weight is 238 g/mol. The molecule has 1 saturated carbocycles. The van der Waals surface area contributed by atoms with Crippen molar-refractivity contribution in [3.05, 3.63) is 0 Å². The first kappa shape index (κ1) is 13.4. The van der Waals surface area contributed by atoms with Gasteiger partial charge < -0.3 is 5.73 Å². The summed E-state index contributed by atoms with van der Waals surface area (Å²) >= 11 is 0. The van der Waals surface area contributed by atoms with Crippen molar-refractivity contribution < 1.29 is 0 Å². The first-order valence-corrected chi connectivity index (χ1v) is 7.38. The van der Waals surface area contributed by atoms with Gasteiger partial charge in [-0.1, -0.05) is 27.2 Å². The quantitative estimate of drug-likeness (QED) is 0.801. The second-order valence-electron chi connectivity index (χ2n) is 7.29. The SMILES string of the molecule is CC1CCCCN1C1(CN)CC(C)(C)CC1C. The van der Waals surface area contributed by atoms with E-state index in [4.69, 9.17) is 5.73 Å². The van der Waals surface area contributed by atoms with Crippen LogP contribution in [-0.4, -0.2) is 29.6 Å². The molecular formula is C15H30N2. The molecule has 2 fully saturated rings. The molecule has 0 bridgehead atoms. The fourth-order valence-electron chi connectivity index (χ4n) is 4.63. The van der Waals surface area contributed by atoms with Crippen LogP contribution in [0.5, 0.6) is 0 Å². The molecule has 0 amide bonds. The minimum atomic E-state index is 0.281. The van der Waals surface area contributed by atoms with Gasteiger partial charge in [-0.2, -0.15) is 0 Å². The lowest BCUT2D eigenvalue weighted by molar-refractivity contribution is 0.00402. The first-order chi connectivity index (χ1) is 7.91. The van der Waals surface area contributed by atoms with Crippen LogP contribution in [0, 0.1) is 11.3 Å². The minimum absolute atomic E-state index is 0.281. The maximum Gasteiger partial charge on any atom is 0.0365 e. The second-order valence-corrected chi connectivity index (χ2v) is 7.29. The summed E-state index contributed by atoms with van der Waals surface area (Å²) in [6, 6.07) is 0.726. The molecule has 100 valence electrons. The van der Waals surface area contributed by atoms with Crippen molar-refractivity contribution in [1.29, 1.82) is 0 Å². The molecule has 3 atom stereocenters. The van der Waals surface area contributed by atoms with Gasteiger partial charge in [-0.15, -0.1) is 0 Å². The topological polar surface area (TPSA) is 29.3 Å². The van der Waals surface area contributed by atoms with Crippen LogP contribution in [0.15, 0.2) is 0 Å². The Hall–Kier alpha value is -0.0800. The van der Waals surface area contributed by atoms with Crippen LogP contribution < -0.4 is 5.73 Å². The zero-order valence-corrected chi connectivity index (χ0v) is 12.1. The van der Waals surface area contributed by atoms with Crippen molar-refractivity contribution in [2.45, 2.75) is 71.4 Å². The van der Waals surface area contributed by atoms with E-state index in [-0.39, 0.29) is 5.54 Å². The van der Waals surface area contributed by atoms with Crippen LogP contribution in [0.2, 0.25) is 0 Å². The Labute approximate surface area is 107 Å². The molecule has 0 aromatic carbocycles. The third-order valence-electron chi connectivity index (χ3n) is 5.29. The lowest BCUT2D eigenvalue weighted by Crippen LogP contribution is -2.60. The van der Waals surface area contributed by atoms with Gasteiger partial charge in [0.2, 0.25) is 0 Å². The van der Waals surface area contributed by atoms with Crippen LogP contribution in [0.3, 0.4) is 0 Å². The molecule has 17 heavy (non-hydrogen) atoms. The molecule has 2 heteroatoms. The molecule has 2 rings (SSSR count). The van der Waals surface area contributed by atoms with E-state index in [0.29, 0.717) is 5.41 Å². The third-order valence-corrected chi connectivity index (χ3v) is 5.29. The van der Waals surface area contributed by atoms with E-state index in [1.807, 2.05) is 0 Å². The molecule has 2 aliphatic rings. The summed E-state index contributed by atoms with van der Waals surface area (Å²) in [6.45, 7) is 11.7. The van der Waals surface area contributed by atoms with Gasteiger partial charge in [0, 0.05) is 18.1 Å². The monoisotopic (exact) mass is 238 g/mol.